The van der Waals surface area contributed by atoms with Gasteiger partial charge in [-0.3, -0.25) is 4.79 Å². The highest BCUT2D eigenvalue weighted by molar-refractivity contribution is 6.11. The average molecular weight is 438 g/mol. The van der Waals surface area contributed by atoms with E-state index in [-0.39, 0.29) is 18.2 Å². The number of hydrogen-bond acceptors (Lipinski definition) is 7. The molecule has 2 heterocycles. The summed E-state index contributed by atoms with van der Waals surface area (Å²) < 4.78 is 16.7. The van der Waals surface area contributed by atoms with Crippen LogP contribution in [0.15, 0.2) is 42.6 Å². The van der Waals surface area contributed by atoms with Gasteiger partial charge in [0.15, 0.2) is 5.69 Å². The van der Waals surface area contributed by atoms with Crippen molar-refractivity contribution in [3.05, 3.63) is 53.9 Å². The SMILES string of the molecule is COCC(=O)Nc1c(C(=O)OC)n(C)c2ncc(NC/C=C/c3ccccc3OC)cc12. The van der Waals surface area contributed by atoms with Crippen LogP contribution in [-0.2, 0) is 21.3 Å². The lowest BCUT2D eigenvalue weighted by molar-refractivity contribution is -0.119. The first kappa shape index (κ1) is 22.8. The van der Waals surface area contributed by atoms with Crippen LogP contribution in [0.3, 0.4) is 0 Å². The minimum atomic E-state index is -0.576. The number of rotatable bonds is 9. The van der Waals surface area contributed by atoms with E-state index in [4.69, 9.17) is 14.2 Å². The van der Waals surface area contributed by atoms with Gasteiger partial charge >= 0.3 is 5.97 Å². The Bertz CT molecular complexity index is 1150. The number of benzene rings is 1. The molecule has 0 aliphatic rings. The summed E-state index contributed by atoms with van der Waals surface area (Å²) in [6, 6.07) is 9.56. The Kier molecular flexibility index (Phi) is 7.45. The van der Waals surface area contributed by atoms with Gasteiger partial charge in [-0.1, -0.05) is 30.4 Å². The molecule has 0 spiro atoms. The maximum absolute atomic E-state index is 12.4. The summed E-state index contributed by atoms with van der Waals surface area (Å²) in [5.74, 6) is -0.168. The quantitative estimate of drug-likeness (QED) is 0.495. The van der Waals surface area contributed by atoms with Crippen LogP contribution in [0.5, 0.6) is 5.75 Å². The Hall–Kier alpha value is -3.85. The second-order valence-corrected chi connectivity index (χ2v) is 6.88. The summed E-state index contributed by atoms with van der Waals surface area (Å²) in [4.78, 5) is 29.0. The van der Waals surface area contributed by atoms with E-state index in [0.29, 0.717) is 23.3 Å². The molecule has 1 amide bonds. The van der Waals surface area contributed by atoms with Crippen molar-refractivity contribution in [3.8, 4) is 5.75 Å². The summed E-state index contributed by atoms with van der Waals surface area (Å²) in [5.41, 5.74) is 2.77. The van der Waals surface area contributed by atoms with Gasteiger partial charge in [0.05, 0.1) is 31.8 Å². The molecule has 2 N–H and O–H groups in total. The molecular weight excluding hydrogens is 412 g/mol. The van der Waals surface area contributed by atoms with Crippen molar-refractivity contribution in [2.24, 2.45) is 7.05 Å². The van der Waals surface area contributed by atoms with Crippen LogP contribution in [0.1, 0.15) is 16.1 Å². The molecule has 0 fully saturated rings. The third kappa shape index (κ3) is 4.89. The van der Waals surface area contributed by atoms with Crippen LogP contribution in [0.25, 0.3) is 17.1 Å². The molecule has 3 aromatic rings. The number of hydrogen-bond donors (Lipinski definition) is 2. The van der Waals surface area contributed by atoms with E-state index in [1.165, 1.54) is 14.2 Å². The van der Waals surface area contributed by atoms with Gasteiger partial charge in [-0.25, -0.2) is 9.78 Å². The molecule has 0 saturated heterocycles. The molecule has 0 aliphatic heterocycles. The zero-order valence-electron chi connectivity index (χ0n) is 18.5. The summed E-state index contributed by atoms with van der Waals surface area (Å²) in [7, 11) is 6.04. The molecule has 0 bridgehead atoms. The van der Waals surface area contributed by atoms with Crippen molar-refractivity contribution >= 4 is 40.4 Å². The Morgan fingerprint density at radius 1 is 1.19 bits per heavy atom. The maximum atomic E-state index is 12.4. The predicted molar refractivity (Wildman–Crippen MR) is 123 cm³/mol. The maximum Gasteiger partial charge on any atom is 0.356 e. The zero-order chi connectivity index (χ0) is 23.1. The number of carbonyl (C=O) groups is 2. The van der Waals surface area contributed by atoms with Crippen LogP contribution < -0.4 is 15.4 Å². The van der Waals surface area contributed by atoms with Gasteiger partial charge in [-0.05, 0) is 12.1 Å². The van der Waals surface area contributed by atoms with E-state index >= 15 is 0 Å². The smallest absolute Gasteiger partial charge is 0.356 e. The molecule has 2 aromatic heterocycles. The van der Waals surface area contributed by atoms with Crippen LogP contribution in [-0.4, -0.2) is 55.9 Å². The molecule has 0 aliphatic carbocycles. The number of nitrogens with zero attached hydrogens (tertiary/aromatic N) is 2. The van der Waals surface area contributed by atoms with Gasteiger partial charge in [-0.2, -0.15) is 0 Å². The topological polar surface area (TPSA) is 104 Å². The predicted octanol–water partition coefficient (Wildman–Crippen LogP) is 3.08. The van der Waals surface area contributed by atoms with Crippen molar-refractivity contribution in [2.75, 3.05) is 45.1 Å². The second-order valence-electron chi connectivity index (χ2n) is 6.88. The highest BCUT2D eigenvalue weighted by atomic mass is 16.5. The van der Waals surface area contributed by atoms with E-state index in [2.05, 4.69) is 15.6 Å². The number of nitrogens with one attached hydrogen (secondary N) is 2. The number of carbonyl (C=O) groups excluding carboxylic acids is 2. The largest absolute Gasteiger partial charge is 0.496 e. The molecule has 3 rings (SSSR count). The van der Waals surface area contributed by atoms with Crippen molar-refractivity contribution in [2.45, 2.75) is 0 Å². The number of fused-ring (bicyclic) bond motifs is 1. The third-order valence-electron chi connectivity index (χ3n) is 4.80. The van der Waals surface area contributed by atoms with Gasteiger partial charge in [0.25, 0.3) is 0 Å². The average Bonchev–Trinajstić information content (AvgIpc) is 3.07. The summed E-state index contributed by atoms with van der Waals surface area (Å²) in [5, 5.41) is 6.61. The van der Waals surface area contributed by atoms with Crippen molar-refractivity contribution in [3.63, 3.8) is 0 Å². The van der Waals surface area contributed by atoms with E-state index in [9.17, 15) is 9.59 Å². The van der Waals surface area contributed by atoms with Crippen molar-refractivity contribution < 1.29 is 23.8 Å². The highest BCUT2D eigenvalue weighted by Gasteiger charge is 2.24. The summed E-state index contributed by atoms with van der Waals surface area (Å²) >= 11 is 0. The van der Waals surface area contributed by atoms with Gasteiger partial charge in [0.2, 0.25) is 5.91 Å². The van der Waals surface area contributed by atoms with Crippen LogP contribution in [0.4, 0.5) is 11.4 Å². The third-order valence-corrected chi connectivity index (χ3v) is 4.80. The normalized spacial score (nSPS) is 11.0. The molecule has 9 nitrogen and oxygen atoms in total. The molecule has 1 aromatic carbocycles. The standard InChI is InChI=1S/C23H26N4O5/c1-27-21(23(29)32-4)20(26-19(28)14-30-2)17-12-16(13-25-22(17)27)24-11-7-9-15-8-5-6-10-18(15)31-3/h5-10,12-13,24H,11,14H2,1-4H3,(H,26,28)/b9-7+. The number of aryl methyl sites for hydroxylation is 1. The van der Waals surface area contributed by atoms with E-state index in [1.54, 1.807) is 24.9 Å². The van der Waals surface area contributed by atoms with Crippen LogP contribution in [0, 0.1) is 0 Å². The zero-order valence-corrected chi connectivity index (χ0v) is 18.5. The lowest BCUT2D eigenvalue weighted by Gasteiger charge is -2.07. The van der Waals surface area contributed by atoms with Gasteiger partial charge in [0, 0.05) is 31.7 Å². The van der Waals surface area contributed by atoms with Gasteiger partial charge in [-0.15, -0.1) is 0 Å². The first-order valence-electron chi connectivity index (χ1n) is 9.89. The summed E-state index contributed by atoms with van der Waals surface area (Å²) in [6.45, 7) is 0.392. The lowest BCUT2D eigenvalue weighted by atomic mass is 10.2. The fourth-order valence-corrected chi connectivity index (χ4v) is 3.34. The number of para-hydroxylation sites is 1. The minimum Gasteiger partial charge on any atom is -0.496 e. The lowest BCUT2D eigenvalue weighted by Crippen LogP contribution is -2.19. The molecule has 168 valence electrons. The molecule has 0 atom stereocenters. The molecule has 0 saturated carbocycles. The molecule has 32 heavy (non-hydrogen) atoms. The number of esters is 1. The number of ether oxygens (including phenoxy) is 3. The molecular formula is C23H26N4O5. The number of methoxy groups -OCH3 is 3. The Labute approximate surface area is 186 Å². The van der Waals surface area contributed by atoms with Crippen LogP contribution >= 0.6 is 0 Å². The molecule has 9 heteroatoms. The number of aromatic nitrogens is 2. The molecule has 0 unspecified atom stereocenters. The first-order chi connectivity index (χ1) is 15.5. The van der Waals surface area contributed by atoms with E-state index in [0.717, 1.165) is 17.0 Å². The van der Waals surface area contributed by atoms with Gasteiger partial charge in [0.1, 0.15) is 18.0 Å². The molecule has 0 radical (unpaired) electrons. The number of pyridine rings is 1. The monoisotopic (exact) mass is 438 g/mol. The van der Waals surface area contributed by atoms with E-state index in [1.807, 2.05) is 42.5 Å². The highest BCUT2D eigenvalue weighted by Crippen LogP contribution is 2.31. The van der Waals surface area contributed by atoms with Gasteiger partial charge < -0.3 is 29.4 Å². The van der Waals surface area contributed by atoms with Crippen molar-refractivity contribution in [1.82, 2.24) is 9.55 Å². The second kappa shape index (κ2) is 10.5. The Balaban J connectivity index is 1.87. The number of anilines is 2. The van der Waals surface area contributed by atoms with Crippen LogP contribution in [0.2, 0.25) is 0 Å². The number of amides is 1. The van der Waals surface area contributed by atoms with E-state index < -0.39 is 5.97 Å². The summed E-state index contributed by atoms with van der Waals surface area (Å²) in [6.07, 6.45) is 5.60. The Morgan fingerprint density at radius 2 is 1.97 bits per heavy atom. The first-order valence-corrected chi connectivity index (χ1v) is 9.89. The minimum absolute atomic E-state index is 0.143. The van der Waals surface area contributed by atoms with Crippen molar-refractivity contribution in [1.29, 1.82) is 0 Å². The fraction of sp³-hybridized carbons (Fsp3) is 0.261. The Morgan fingerprint density at radius 3 is 2.69 bits per heavy atom. The fourth-order valence-electron chi connectivity index (χ4n) is 3.34.